The van der Waals surface area contributed by atoms with E-state index in [4.69, 9.17) is 16.3 Å². The second-order valence-electron chi connectivity index (χ2n) is 6.54. The van der Waals surface area contributed by atoms with Gasteiger partial charge in [0.15, 0.2) is 5.75 Å². The first-order valence-corrected chi connectivity index (χ1v) is 6.85. The summed E-state index contributed by atoms with van der Waals surface area (Å²) in [6, 6.07) is 5.38. The summed E-state index contributed by atoms with van der Waals surface area (Å²) in [4.78, 5) is 6.04. The van der Waals surface area contributed by atoms with E-state index in [-0.39, 0.29) is 11.0 Å². The molecule has 0 atom stereocenters. The Labute approximate surface area is 115 Å². The highest BCUT2D eigenvalue weighted by molar-refractivity contribution is 5.60. The highest BCUT2D eigenvalue weighted by Crippen LogP contribution is 2.43. The molecule has 4 N–H and O–H groups in total. The van der Waals surface area contributed by atoms with Gasteiger partial charge in [-0.3, -0.25) is 0 Å². The minimum absolute atomic E-state index is 0.0426. The predicted molar refractivity (Wildman–Crippen MR) is 79.7 cm³/mol. The van der Waals surface area contributed by atoms with Crippen LogP contribution >= 0.6 is 0 Å². The minimum atomic E-state index is -0.0426. The summed E-state index contributed by atoms with van der Waals surface area (Å²) in [5, 5.41) is 2.05. The van der Waals surface area contributed by atoms with Gasteiger partial charge in [-0.1, -0.05) is 13.8 Å². The summed E-state index contributed by atoms with van der Waals surface area (Å²) < 4.78 is 0. The van der Waals surface area contributed by atoms with Crippen molar-refractivity contribution < 1.29 is 4.84 Å². The third-order valence-electron chi connectivity index (χ3n) is 4.69. The molecule has 1 aliphatic heterocycles. The average Bonchev–Trinajstić information content (AvgIpc) is 2.28. The molecule has 106 valence electrons. The van der Waals surface area contributed by atoms with Crippen LogP contribution in [-0.2, 0) is 0 Å². The molecule has 1 saturated heterocycles. The third kappa shape index (κ3) is 2.50. The fraction of sp³-hybridized carbons (Fsp3) is 0.600. The van der Waals surface area contributed by atoms with E-state index in [0.717, 1.165) is 13.0 Å². The first-order valence-electron chi connectivity index (χ1n) is 6.85. The van der Waals surface area contributed by atoms with Gasteiger partial charge in [-0.2, -0.15) is 0 Å². The van der Waals surface area contributed by atoms with E-state index < -0.39 is 0 Å². The molecule has 0 amide bonds. The highest BCUT2D eigenvalue weighted by atomic mass is 16.7. The summed E-state index contributed by atoms with van der Waals surface area (Å²) in [6.07, 6.45) is 2.34. The number of nitrogens with zero attached hydrogens (tertiary/aromatic N) is 1. The molecule has 19 heavy (non-hydrogen) atoms. The van der Waals surface area contributed by atoms with Crippen molar-refractivity contribution in [2.24, 2.45) is 5.41 Å². The minimum Gasteiger partial charge on any atom is -0.403 e. The van der Waals surface area contributed by atoms with Crippen molar-refractivity contribution in [1.29, 1.82) is 0 Å². The second-order valence-corrected chi connectivity index (χ2v) is 6.54. The molecule has 0 saturated carbocycles. The molecule has 2 rings (SSSR count). The Hall–Kier alpha value is -1.42. The van der Waals surface area contributed by atoms with Crippen molar-refractivity contribution >= 4 is 11.4 Å². The average molecular weight is 263 g/mol. The summed E-state index contributed by atoms with van der Waals surface area (Å²) in [7, 11) is 0. The zero-order valence-electron chi connectivity index (χ0n) is 12.4. The van der Waals surface area contributed by atoms with Crippen molar-refractivity contribution in [3.05, 3.63) is 18.2 Å². The SMILES string of the molecule is CC1(C)CCCN(Oc2ccc(N)cc2N)C1(C)C. The highest BCUT2D eigenvalue weighted by Gasteiger charge is 2.46. The van der Waals surface area contributed by atoms with Crippen LogP contribution in [0, 0.1) is 5.41 Å². The molecule has 0 aromatic heterocycles. The van der Waals surface area contributed by atoms with E-state index in [9.17, 15) is 0 Å². The Kier molecular flexibility index (Phi) is 3.39. The molecular weight excluding hydrogens is 238 g/mol. The Bertz CT molecular complexity index is 468. The molecule has 1 fully saturated rings. The maximum atomic E-state index is 6.04. The van der Waals surface area contributed by atoms with Crippen molar-refractivity contribution in [2.75, 3.05) is 18.0 Å². The van der Waals surface area contributed by atoms with E-state index in [1.54, 1.807) is 6.07 Å². The molecule has 0 unspecified atom stereocenters. The number of rotatable bonds is 2. The first kappa shape index (κ1) is 14.0. The lowest BCUT2D eigenvalue weighted by molar-refractivity contribution is -0.194. The monoisotopic (exact) mass is 263 g/mol. The second kappa shape index (κ2) is 4.60. The Morgan fingerprint density at radius 3 is 2.47 bits per heavy atom. The Morgan fingerprint density at radius 1 is 1.16 bits per heavy atom. The van der Waals surface area contributed by atoms with Crippen LogP contribution in [0.3, 0.4) is 0 Å². The number of nitrogen functional groups attached to an aromatic ring is 2. The molecule has 1 aliphatic rings. The van der Waals surface area contributed by atoms with Crippen molar-refractivity contribution in [2.45, 2.75) is 46.1 Å². The molecule has 0 spiro atoms. The lowest BCUT2D eigenvalue weighted by Crippen LogP contribution is -2.58. The number of nitrogens with two attached hydrogens (primary N) is 2. The Morgan fingerprint density at radius 2 is 1.84 bits per heavy atom. The summed E-state index contributed by atoms with van der Waals surface area (Å²) in [5.41, 5.74) is 13.1. The maximum Gasteiger partial charge on any atom is 0.170 e. The van der Waals surface area contributed by atoms with E-state index in [1.165, 1.54) is 6.42 Å². The van der Waals surface area contributed by atoms with Crippen molar-refractivity contribution in [3.8, 4) is 5.75 Å². The van der Waals surface area contributed by atoms with Crippen LogP contribution in [0.1, 0.15) is 40.5 Å². The summed E-state index contributed by atoms with van der Waals surface area (Å²) >= 11 is 0. The van der Waals surface area contributed by atoms with Gasteiger partial charge in [0.1, 0.15) is 0 Å². The smallest absolute Gasteiger partial charge is 0.170 e. The molecule has 0 bridgehead atoms. The maximum absolute atomic E-state index is 6.04. The zero-order chi connectivity index (χ0) is 14.3. The van der Waals surface area contributed by atoms with E-state index >= 15 is 0 Å². The van der Waals surface area contributed by atoms with Crippen LogP contribution in [-0.4, -0.2) is 17.1 Å². The fourth-order valence-corrected chi connectivity index (χ4v) is 2.52. The molecule has 4 nitrogen and oxygen atoms in total. The molecule has 0 radical (unpaired) electrons. The lowest BCUT2D eigenvalue weighted by atomic mass is 9.69. The van der Waals surface area contributed by atoms with E-state index in [1.807, 2.05) is 12.1 Å². The molecule has 1 aromatic carbocycles. The number of hydrogen-bond acceptors (Lipinski definition) is 4. The fourth-order valence-electron chi connectivity index (χ4n) is 2.52. The summed E-state index contributed by atoms with van der Waals surface area (Å²) in [5.74, 6) is 0.681. The van der Waals surface area contributed by atoms with Gasteiger partial charge < -0.3 is 16.3 Å². The molecule has 4 heteroatoms. The van der Waals surface area contributed by atoms with Crippen LogP contribution in [0.5, 0.6) is 5.75 Å². The van der Waals surface area contributed by atoms with Gasteiger partial charge in [0.05, 0.1) is 11.2 Å². The van der Waals surface area contributed by atoms with Crippen molar-refractivity contribution in [3.63, 3.8) is 0 Å². The van der Waals surface area contributed by atoms with Gasteiger partial charge >= 0.3 is 0 Å². The molecule has 1 heterocycles. The Balaban J connectivity index is 2.22. The van der Waals surface area contributed by atoms with E-state index in [0.29, 0.717) is 17.1 Å². The first-order chi connectivity index (χ1) is 8.74. The van der Waals surface area contributed by atoms with Gasteiger partial charge in [-0.25, -0.2) is 0 Å². The van der Waals surface area contributed by atoms with Gasteiger partial charge in [-0.15, -0.1) is 5.06 Å². The van der Waals surface area contributed by atoms with Crippen LogP contribution in [0.25, 0.3) is 0 Å². The van der Waals surface area contributed by atoms with Crippen LogP contribution in [0.2, 0.25) is 0 Å². The number of anilines is 2. The number of hydroxylamine groups is 2. The molecule has 1 aromatic rings. The van der Waals surface area contributed by atoms with Crippen LogP contribution < -0.4 is 16.3 Å². The van der Waals surface area contributed by atoms with E-state index in [2.05, 4.69) is 32.8 Å². The predicted octanol–water partition coefficient (Wildman–Crippen LogP) is 3.05. The molecule has 0 aliphatic carbocycles. The lowest BCUT2D eigenvalue weighted by Gasteiger charge is -2.51. The topological polar surface area (TPSA) is 64.5 Å². The van der Waals surface area contributed by atoms with Gasteiger partial charge in [0.25, 0.3) is 0 Å². The zero-order valence-corrected chi connectivity index (χ0v) is 12.4. The number of benzene rings is 1. The quantitative estimate of drug-likeness (QED) is 0.805. The van der Waals surface area contributed by atoms with Gasteiger partial charge in [-0.05, 0) is 50.3 Å². The normalized spacial score (nSPS) is 22.1. The molecular formula is C15H25N3O. The van der Waals surface area contributed by atoms with Gasteiger partial charge in [0, 0.05) is 12.2 Å². The van der Waals surface area contributed by atoms with Crippen molar-refractivity contribution in [1.82, 2.24) is 5.06 Å². The van der Waals surface area contributed by atoms with Gasteiger partial charge in [0.2, 0.25) is 0 Å². The third-order valence-corrected chi connectivity index (χ3v) is 4.69. The number of piperidine rings is 1. The van der Waals surface area contributed by atoms with Crippen LogP contribution in [0.4, 0.5) is 11.4 Å². The standard InChI is InChI=1S/C15H25N3O/c1-14(2)8-5-9-18(15(14,3)4)19-13-7-6-11(16)10-12(13)17/h6-7,10H,5,8-9,16-17H2,1-4H3. The summed E-state index contributed by atoms with van der Waals surface area (Å²) in [6.45, 7) is 9.93. The van der Waals surface area contributed by atoms with Crippen LogP contribution in [0.15, 0.2) is 18.2 Å². The number of hydrogen-bond donors (Lipinski definition) is 2. The largest absolute Gasteiger partial charge is 0.403 e.